The van der Waals surface area contributed by atoms with Gasteiger partial charge < -0.3 is 15.4 Å². The number of hydrogen-bond donors (Lipinski definition) is 3. The minimum absolute atomic E-state index is 0.0797. The molecule has 0 amide bonds. The summed E-state index contributed by atoms with van der Waals surface area (Å²) in [5.74, 6) is 0. The van der Waals surface area contributed by atoms with Crippen LogP contribution in [0.5, 0.6) is 0 Å². The zero-order valence-corrected chi connectivity index (χ0v) is 9.29. The fourth-order valence-corrected chi connectivity index (χ4v) is 2.48. The molecular formula is C12H20N2O. The monoisotopic (exact) mass is 208 g/mol. The average Bonchev–Trinajstić information content (AvgIpc) is 2.85. The molecule has 15 heavy (non-hydrogen) atoms. The van der Waals surface area contributed by atoms with Gasteiger partial charge in [-0.3, -0.25) is 0 Å². The molecule has 84 valence electrons. The molecule has 1 saturated carbocycles. The van der Waals surface area contributed by atoms with Gasteiger partial charge in [0.05, 0.1) is 0 Å². The molecule has 0 radical (unpaired) electrons. The first-order chi connectivity index (χ1) is 7.24. The Morgan fingerprint density at radius 2 is 2.53 bits per heavy atom. The third-order valence-corrected chi connectivity index (χ3v) is 3.66. The predicted octanol–water partition coefficient (Wildman–Crippen LogP) is 1.66. The maximum Gasteiger partial charge on any atom is 0.0499 e. The van der Waals surface area contributed by atoms with Gasteiger partial charge in [0.15, 0.2) is 0 Å². The summed E-state index contributed by atoms with van der Waals surface area (Å²) in [5, 5.41) is 13.0. The van der Waals surface area contributed by atoms with Crippen LogP contribution in [0.1, 0.15) is 31.7 Å². The summed E-state index contributed by atoms with van der Waals surface area (Å²) in [4.78, 5) is 3.05. The summed E-state index contributed by atoms with van der Waals surface area (Å²) in [7, 11) is 0. The number of nitrogens with one attached hydrogen (secondary N) is 2. The summed E-state index contributed by atoms with van der Waals surface area (Å²) in [5.41, 5.74) is 1.36. The fraction of sp³-hybridized carbons (Fsp3) is 0.667. The molecule has 3 nitrogen and oxygen atoms in total. The van der Waals surface area contributed by atoms with E-state index in [4.69, 9.17) is 0 Å². The van der Waals surface area contributed by atoms with Crippen LogP contribution in [0.2, 0.25) is 0 Å². The lowest BCUT2D eigenvalue weighted by Crippen LogP contribution is -2.41. The van der Waals surface area contributed by atoms with Crippen molar-refractivity contribution in [1.82, 2.24) is 10.3 Å². The predicted molar refractivity (Wildman–Crippen MR) is 60.5 cm³/mol. The summed E-state index contributed by atoms with van der Waals surface area (Å²) in [6.07, 6.45) is 7.49. The number of aromatic nitrogens is 1. The van der Waals surface area contributed by atoms with Crippen LogP contribution in [-0.4, -0.2) is 22.7 Å². The molecule has 3 heteroatoms. The number of aromatic amines is 1. The van der Waals surface area contributed by atoms with Crippen LogP contribution >= 0.6 is 0 Å². The molecule has 2 unspecified atom stereocenters. The molecule has 2 atom stereocenters. The Morgan fingerprint density at radius 1 is 1.67 bits per heavy atom. The number of rotatable bonds is 4. The van der Waals surface area contributed by atoms with E-state index in [1.54, 1.807) is 0 Å². The topological polar surface area (TPSA) is 48.0 Å². The maximum absolute atomic E-state index is 9.41. The van der Waals surface area contributed by atoms with Crippen LogP contribution in [-0.2, 0) is 6.54 Å². The lowest BCUT2D eigenvalue weighted by molar-refractivity contribution is 0.118. The highest BCUT2D eigenvalue weighted by Gasteiger charge is 2.37. The van der Waals surface area contributed by atoms with Crippen LogP contribution in [0.3, 0.4) is 0 Å². The van der Waals surface area contributed by atoms with Gasteiger partial charge in [-0.2, -0.15) is 0 Å². The number of aliphatic hydroxyl groups is 1. The number of aliphatic hydroxyl groups excluding tert-OH is 1. The van der Waals surface area contributed by atoms with E-state index in [2.05, 4.69) is 23.3 Å². The highest BCUT2D eigenvalue weighted by atomic mass is 16.3. The lowest BCUT2D eigenvalue weighted by atomic mass is 9.86. The van der Waals surface area contributed by atoms with Gasteiger partial charge in [-0.25, -0.2) is 0 Å². The van der Waals surface area contributed by atoms with E-state index < -0.39 is 0 Å². The van der Waals surface area contributed by atoms with E-state index in [9.17, 15) is 5.11 Å². The molecule has 1 fully saturated rings. The van der Waals surface area contributed by atoms with E-state index in [1.807, 2.05) is 12.4 Å². The summed E-state index contributed by atoms with van der Waals surface area (Å²) in [6.45, 7) is 3.36. The van der Waals surface area contributed by atoms with Gasteiger partial charge in [-0.15, -0.1) is 0 Å². The van der Waals surface area contributed by atoms with E-state index in [-0.39, 0.29) is 12.0 Å². The molecule has 0 bridgehead atoms. The molecule has 0 aliphatic heterocycles. The first-order valence-electron chi connectivity index (χ1n) is 5.70. The highest BCUT2D eigenvalue weighted by Crippen LogP contribution is 2.37. The van der Waals surface area contributed by atoms with Crippen LogP contribution in [0, 0.1) is 5.41 Å². The third kappa shape index (κ3) is 2.24. The summed E-state index contributed by atoms with van der Waals surface area (Å²) < 4.78 is 0. The minimum atomic E-state index is 0.0797. The van der Waals surface area contributed by atoms with Gasteiger partial charge >= 0.3 is 0 Å². The second kappa shape index (κ2) is 4.37. The largest absolute Gasteiger partial charge is 0.396 e. The van der Waals surface area contributed by atoms with Crippen LogP contribution in [0.15, 0.2) is 18.5 Å². The molecule has 1 heterocycles. The molecule has 1 aromatic heterocycles. The average molecular weight is 208 g/mol. The van der Waals surface area contributed by atoms with Gasteiger partial charge in [0.1, 0.15) is 0 Å². The van der Waals surface area contributed by atoms with Crippen molar-refractivity contribution < 1.29 is 5.11 Å². The van der Waals surface area contributed by atoms with Crippen molar-refractivity contribution in [1.29, 1.82) is 0 Å². The van der Waals surface area contributed by atoms with Gasteiger partial charge in [-0.05, 0) is 24.5 Å². The van der Waals surface area contributed by atoms with E-state index in [0.29, 0.717) is 6.04 Å². The zero-order valence-electron chi connectivity index (χ0n) is 9.29. The molecule has 0 saturated heterocycles. The standard InChI is InChI=1S/C12H20N2O/c1-12(9-15)5-2-3-11(12)14-8-10-4-6-13-7-10/h4,6-7,11,13-15H,2-3,5,8-9H2,1H3. The summed E-state index contributed by atoms with van der Waals surface area (Å²) >= 11 is 0. The fourth-order valence-electron chi connectivity index (χ4n) is 2.48. The molecule has 1 aromatic rings. The van der Waals surface area contributed by atoms with Gasteiger partial charge in [0.25, 0.3) is 0 Å². The zero-order chi connectivity index (χ0) is 10.7. The summed E-state index contributed by atoms with van der Waals surface area (Å²) in [6, 6.07) is 2.54. The van der Waals surface area contributed by atoms with Gasteiger partial charge in [0.2, 0.25) is 0 Å². The molecular weight excluding hydrogens is 188 g/mol. The van der Waals surface area contributed by atoms with Crippen molar-refractivity contribution in [2.75, 3.05) is 6.61 Å². The molecule has 0 aromatic carbocycles. The Kier molecular flexibility index (Phi) is 3.12. The van der Waals surface area contributed by atoms with Crippen molar-refractivity contribution in [3.05, 3.63) is 24.0 Å². The lowest BCUT2D eigenvalue weighted by Gasteiger charge is -2.30. The normalized spacial score (nSPS) is 30.9. The Labute approximate surface area is 90.9 Å². The second-order valence-electron chi connectivity index (χ2n) is 4.86. The second-order valence-corrected chi connectivity index (χ2v) is 4.86. The number of H-pyrrole nitrogens is 1. The van der Waals surface area contributed by atoms with Crippen LogP contribution in [0.25, 0.3) is 0 Å². The van der Waals surface area contributed by atoms with Crippen molar-refractivity contribution in [2.45, 2.75) is 38.8 Å². The first kappa shape index (κ1) is 10.7. The third-order valence-electron chi connectivity index (χ3n) is 3.66. The van der Waals surface area contributed by atoms with E-state index in [1.165, 1.54) is 18.4 Å². The highest BCUT2D eigenvalue weighted by molar-refractivity contribution is 5.08. The quantitative estimate of drug-likeness (QED) is 0.704. The Balaban J connectivity index is 1.89. The Morgan fingerprint density at radius 3 is 3.20 bits per heavy atom. The molecule has 1 aliphatic carbocycles. The smallest absolute Gasteiger partial charge is 0.0499 e. The first-order valence-corrected chi connectivity index (χ1v) is 5.70. The molecule has 0 spiro atoms. The van der Waals surface area contributed by atoms with Crippen molar-refractivity contribution in [3.8, 4) is 0 Å². The molecule has 2 rings (SSSR count). The van der Waals surface area contributed by atoms with Gasteiger partial charge in [0, 0.05) is 37.0 Å². The minimum Gasteiger partial charge on any atom is -0.396 e. The van der Waals surface area contributed by atoms with Crippen molar-refractivity contribution in [3.63, 3.8) is 0 Å². The van der Waals surface area contributed by atoms with E-state index >= 15 is 0 Å². The Bertz CT molecular complexity index is 297. The van der Waals surface area contributed by atoms with Crippen molar-refractivity contribution in [2.24, 2.45) is 5.41 Å². The number of hydrogen-bond acceptors (Lipinski definition) is 2. The van der Waals surface area contributed by atoms with Gasteiger partial charge in [-0.1, -0.05) is 13.3 Å². The maximum atomic E-state index is 9.41. The molecule has 3 N–H and O–H groups in total. The van der Waals surface area contributed by atoms with Crippen molar-refractivity contribution >= 4 is 0 Å². The van der Waals surface area contributed by atoms with Crippen LogP contribution in [0.4, 0.5) is 0 Å². The Hall–Kier alpha value is -0.800. The van der Waals surface area contributed by atoms with E-state index in [0.717, 1.165) is 13.0 Å². The SMILES string of the molecule is CC1(CO)CCCC1NCc1cc[nH]c1. The molecule has 1 aliphatic rings. The van der Waals surface area contributed by atoms with Crippen LogP contribution < -0.4 is 5.32 Å².